The number of hydrogen-bond donors (Lipinski definition) is 1. The van der Waals surface area contributed by atoms with Gasteiger partial charge in [0.15, 0.2) is 11.5 Å². The molecule has 2 N–H and O–H groups in total. The van der Waals surface area contributed by atoms with Crippen LogP contribution in [0.15, 0.2) is 71.3 Å². The zero-order valence-electron chi connectivity index (χ0n) is 13.3. The van der Waals surface area contributed by atoms with Gasteiger partial charge in [-0.05, 0) is 17.7 Å². The van der Waals surface area contributed by atoms with Crippen molar-refractivity contribution in [1.29, 1.82) is 5.26 Å². The normalized spacial score (nSPS) is 18.8. The Hall–Kier alpha value is -3.36. The number of rotatable bonds is 1. The lowest BCUT2D eigenvalue weighted by Gasteiger charge is -2.30. The molecule has 126 valence electrons. The minimum absolute atomic E-state index is 0.0755. The number of carbonyl (C=O) groups is 2. The quantitative estimate of drug-likeness (QED) is 0.838. The summed E-state index contributed by atoms with van der Waals surface area (Å²) in [5.74, 6) is -1.92. The van der Waals surface area contributed by atoms with Crippen LogP contribution in [0.5, 0.6) is 0 Å². The highest BCUT2D eigenvalue weighted by atomic mass is 35.5. The third-order valence-electron chi connectivity index (χ3n) is 4.47. The number of Topliss-reactive ketones (excluding diaryl/α,β-unsaturated/α-hetero) is 2. The number of nitrogens with two attached hydrogens (primary N) is 1. The highest BCUT2D eigenvalue weighted by molar-refractivity contribution is 6.30. The summed E-state index contributed by atoms with van der Waals surface area (Å²) < 4.78 is 5.43. The number of hydrogen-bond acceptors (Lipinski definition) is 5. The Balaban J connectivity index is 1.99. The van der Waals surface area contributed by atoms with Gasteiger partial charge in [0.05, 0.1) is 11.5 Å². The second-order valence-corrected chi connectivity index (χ2v) is 6.36. The van der Waals surface area contributed by atoms with Crippen LogP contribution in [0.2, 0.25) is 5.02 Å². The predicted molar refractivity (Wildman–Crippen MR) is 94.2 cm³/mol. The van der Waals surface area contributed by atoms with Crippen LogP contribution < -0.4 is 5.73 Å². The average Bonchev–Trinajstić information content (AvgIpc) is 2.65. The number of ketones is 2. The predicted octanol–water partition coefficient (Wildman–Crippen LogP) is 3.48. The van der Waals surface area contributed by atoms with E-state index in [9.17, 15) is 14.9 Å². The molecule has 6 heteroatoms. The molecule has 1 aliphatic heterocycles. The SMILES string of the molecule is N#CC1=C(N)OC2=C(C(=O)c3ccccc3C2=O)[C@H]1c1cccc(Cl)c1. The summed E-state index contributed by atoms with van der Waals surface area (Å²) in [6.45, 7) is 0. The molecular formula is C20H11ClN2O3. The van der Waals surface area contributed by atoms with Crippen molar-refractivity contribution < 1.29 is 14.3 Å². The van der Waals surface area contributed by atoms with Crippen molar-refractivity contribution in [2.75, 3.05) is 0 Å². The maximum Gasteiger partial charge on any atom is 0.229 e. The third-order valence-corrected chi connectivity index (χ3v) is 4.70. The summed E-state index contributed by atoms with van der Waals surface area (Å²) in [7, 11) is 0. The van der Waals surface area contributed by atoms with Crippen molar-refractivity contribution in [2.45, 2.75) is 5.92 Å². The molecule has 26 heavy (non-hydrogen) atoms. The molecule has 0 saturated carbocycles. The molecule has 0 bridgehead atoms. The molecule has 5 nitrogen and oxygen atoms in total. The highest BCUT2D eigenvalue weighted by Gasteiger charge is 2.43. The molecule has 0 saturated heterocycles. The molecule has 2 aromatic rings. The topological polar surface area (TPSA) is 93.2 Å². The van der Waals surface area contributed by atoms with E-state index in [-0.39, 0.29) is 39.7 Å². The number of allylic oxidation sites excluding steroid dienone is 3. The van der Waals surface area contributed by atoms with Crippen LogP contribution in [-0.4, -0.2) is 11.6 Å². The van der Waals surface area contributed by atoms with E-state index in [1.54, 1.807) is 48.5 Å². The summed E-state index contributed by atoms with van der Waals surface area (Å²) in [4.78, 5) is 26.0. The Morgan fingerprint density at radius 3 is 2.38 bits per heavy atom. The molecule has 2 aromatic carbocycles. The van der Waals surface area contributed by atoms with Gasteiger partial charge in [-0.3, -0.25) is 9.59 Å². The van der Waals surface area contributed by atoms with Crippen molar-refractivity contribution in [3.8, 4) is 6.07 Å². The van der Waals surface area contributed by atoms with E-state index < -0.39 is 11.7 Å². The largest absolute Gasteiger partial charge is 0.436 e. The number of nitrogens with zero attached hydrogens (tertiary/aromatic N) is 1. The van der Waals surface area contributed by atoms with E-state index >= 15 is 0 Å². The molecule has 0 unspecified atom stereocenters. The summed E-state index contributed by atoms with van der Waals surface area (Å²) in [5.41, 5.74) is 7.21. The lowest BCUT2D eigenvalue weighted by molar-refractivity contribution is 0.0897. The lowest BCUT2D eigenvalue weighted by Crippen LogP contribution is -2.32. The maximum atomic E-state index is 13.1. The fraction of sp³-hybridized carbons (Fsp3) is 0.0500. The van der Waals surface area contributed by atoms with E-state index in [1.807, 2.05) is 6.07 Å². The van der Waals surface area contributed by atoms with Gasteiger partial charge in [-0.15, -0.1) is 0 Å². The zero-order chi connectivity index (χ0) is 18.4. The Labute approximate surface area is 153 Å². The van der Waals surface area contributed by atoms with Crippen molar-refractivity contribution >= 4 is 23.2 Å². The molecule has 1 aliphatic carbocycles. The van der Waals surface area contributed by atoms with Crippen molar-refractivity contribution in [2.24, 2.45) is 5.73 Å². The van der Waals surface area contributed by atoms with Gasteiger partial charge in [-0.1, -0.05) is 48.0 Å². The Kier molecular flexibility index (Phi) is 3.64. The highest BCUT2D eigenvalue weighted by Crippen LogP contribution is 2.44. The molecule has 1 atom stereocenters. The monoisotopic (exact) mass is 362 g/mol. The number of carbonyl (C=O) groups excluding carboxylic acids is 2. The Morgan fingerprint density at radius 1 is 1.04 bits per heavy atom. The smallest absolute Gasteiger partial charge is 0.229 e. The fourth-order valence-corrected chi connectivity index (χ4v) is 3.52. The molecule has 0 fully saturated rings. The fourth-order valence-electron chi connectivity index (χ4n) is 3.33. The van der Waals surface area contributed by atoms with Crippen LogP contribution in [0.3, 0.4) is 0 Å². The van der Waals surface area contributed by atoms with Gasteiger partial charge in [-0.25, -0.2) is 0 Å². The molecular weight excluding hydrogens is 352 g/mol. The minimum Gasteiger partial charge on any atom is -0.436 e. The molecule has 0 aromatic heterocycles. The van der Waals surface area contributed by atoms with Crippen LogP contribution in [0, 0.1) is 11.3 Å². The summed E-state index contributed by atoms with van der Waals surface area (Å²) in [6.07, 6.45) is 0. The first kappa shape index (κ1) is 16.1. The van der Waals surface area contributed by atoms with Crippen LogP contribution in [-0.2, 0) is 4.74 Å². The first-order valence-corrected chi connectivity index (χ1v) is 8.16. The van der Waals surface area contributed by atoms with Gasteiger partial charge in [0.1, 0.15) is 11.6 Å². The van der Waals surface area contributed by atoms with Crippen molar-refractivity contribution in [3.63, 3.8) is 0 Å². The Morgan fingerprint density at radius 2 is 1.73 bits per heavy atom. The van der Waals surface area contributed by atoms with Gasteiger partial charge in [-0.2, -0.15) is 5.26 Å². The number of fused-ring (bicyclic) bond motifs is 1. The first-order chi connectivity index (χ1) is 12.5. The molecule has 1 heterocycles. The van der Waals surface area contributed by atoms with Gasteiger partial charge in [0.25, 0.3) is 0 Å². The van der Waals surface area contributed by atoms with E-state index in [1.165, 1.54) is 0 Å². The number of halogens is 1. The average molecular weight is 363 g/mol. The molecule has 0 spiro atoms. The van der Waals surface area contributed by atoms with Crippen LogP contribution in [0.4, 0.5) is 0 Å². The van der Waals surface area contributed by atoms with E-state index in [0.717, 1.165) is 0 Å². The molecule has 2 aliphatic rings. The number of ether oxygens (including phenoxy) is 1. The lowest BCUT2D eigenvalue weighted by atomic mass is 9.75. The van der Waals surface area contributed by atoms with Crippen LogP contribution >= 0.6 is 11.6 Å². The van der Waals surface area contributed by atoms with Crippen molar-refractivity contribution in [1.82, 2.24) is 0 Å². The maximum absolute atomic E-state index is 13.1. The second kappa shape index (κ2) is 5.87. The summed E-state index contributed by atoms with van der Waals surface area (Å²) >= 11 is 6.08. The van der Waals surface area contributed by atoms with Crippen molar-refractivity contribution in [3.05, 3.63) is 93.0 Å². The van der Waals surface area contributed by atoms with Gasteiger partial charge >= 0.3 is 0 Å². The Bertz CT molecular complexity index is 1090. The third kappa shape index (κ3) is 2.24. The van der Waals surface area contributed by atoms with Gasteiger partial charge in [0.2, 0.25) is 11.7 Å². The second-order valence-electron chi connectivity index (χ2n) is 5.93. The van der Waals surface area contributed by atoms with E-state index in [4.69, 9.17) is 22.1 Å². The van der Waals surface area contributed by atoms with E-state index in [0.29, 0.717) is 10.6 Å². The van der Waals surface area contributed by atoms with Crippen LogP contribution in [0.1, 0.15) is 32.2 Å². The first-order valence-electron chi connectivity index (χ1n) is 7.78. The van der Waals surface area contributed by atoms with E-state index in [2.05, 4.69) is 0 Å². The zero-order valence-corrected chi connectivity index (χ0v) is 14.1. The summed E-state index contributed by atoms with van der Waals surface area (Å²) in [6, 6.07) is 15.3. The van der Waals surface area contributed by atoms with Crippen LogP contribution in [0.25, 0.3) is 0 Å². The molecule has 0 radical (unpaired) electrons. The molecule has 4 rings (SSSR count). The van der Waals surface area contributed by atoms with Gasteiger partial charge in [0, 0.05) is 16.1 Å². The standard InChI is InChI=1S/C20H11ClN2O3/c21-11-5-3-4-10(8-11)15-14(9-22)20(23)26-19-16(15)17(24)12-6-1-2-7-13(12)18(19)25/h1-8,15H,23H2/t15-/m0/s1. The minimum atomic E-state index is -0.813. The number of nitriles is 1. The molecule has 0 amide bonds. The van der Waals surface area contributed by atoms with Gasteiger partial charge < -0.3 is 10.5 Å². The number of benzene rings is 2. The summed E-state index contributed by atoms with van der Waals surface area (Å²) in [5, 5.41) is 10.0.